The number of hydrogen-bond donors (Lipinski definition) is 1. The number of nitrogens with one attached hydrogen (secondary N) is 1. The number of carbonyl (C=O) groups is 3. The monoisotopic (exact) mass is 196 g/mol. The van der Waals surface area contributed by atoms with Gasteiger partial charge in [-0.05, 0) is 0 Å². The van der Waals surface area contributed by atoms with Crippen LogP contribution in [0.3, 0.4) is 0 Å². The van der Waals surface area contributed by atoms with Gasteiger partial charge in [0.1, 0.15) is 5.82 Å². The molecule has 1 saturated heterocycles. The zero-order valence-electron chi connectivity index (χ0n) is 7.49. The number of rotatable bonds is 1. The van der Waals surface area contributed by atoms with Crippen LogP contribution in [0.1, 0.15) is 6.42 Å². The molecule has 2 heterocycles. The van der Waals surface area contributed by atoms with Crippen molar-refractivity contribution in [3.05, 3.63) is 11.4 Å². The molecule has 0 aromatic carbocycles. The number of esters is 1. The summed E-state index contributed by atoms with van der Waals surface area (Å²) in [6, 6.07) is 0. The number of ether oxygens (including phenoxy) is 1. The average molecular weight is 196 g/mol. The third kappa shape index (κ3) is 1.00. The lowest BCUT2D eigenvalue weighted by Crippen LogP contribution is -2.25. The van der Waals surface area contributed by atoms with Crippen LogP contribution in [0.2, 0.25) is 0 Å². The molecule has 1 N–H and O–H groups in total. The normalized spacial score (nSPS) is 19.9. The quantitative estimate of drug-likeness (QED) is 0.419. The van der Waals surface area contributed by atoms with Gasteiger partial charge in [0.25, 0.3) is 0 Å². The van der Waals surface area contributed by atoms with Gasteiger partial charge in [-0.2, -0.15) is 0 Å². The number of nitrogens with zero attached hydrogens (tertiary/aromatic N) is 1. The highest BCUT2D eigenvalue weighted by Gasteiger charge is 2.41. The Kier molecular flexibility index (Phi) is 1.77. The summed E-state index contributed by atoms with van der Waals surface area (Å²) in [6.07, 6.45) is 0.425. The Morgan fingerprint density at radius 3 is 2.86 bits per heavy atom. The molecule has 6 nitrogen and oxygen atoms in total. The lowest BCUT2D eigenvalue weighted by molar-refractivity contribution is -0.140. The zero-order chi connectivity index (χ0) is 10.3. The van der Waals surface area contributed by atoms with Gasteiger partial charge in [-0.15, -0.1) is 0 Å². The molecule has 1 fully saturated rings. The molecule has 14 heavy (non-hydrogen) atoms. The zero-order valence-corrected chi connectivity index (χ0v) is 7.49. The van der Waals surface area contributed by atoms with Crippen molar-refractivity contribution in [2.45, 2.75) is 6.42 Å². The van der Waals surface area contributed by atoms with E-state index in [1.54, 1.807) is 0 Å². The first kappa shape index (κ1) is 8.74. The first-order valence-electron chi connectivity index (χ1n) is 4.09. The van der Waals surface area contributed by atoms with Gasteiger partial charge in [-0.25, -0.2) is 4.79 Å². The topological polar surface area (TPSA) is 75.7 Å². The molecule has 0 aromatic rings. The number of fused-ring (bicyclic) bond motifs is 1. The van der Waals surface area contributed by atoms with Crippen molar-refractivity contribution in [1.82, 2.24) is 10.2 Å². The Morgan fingerprint density at radius 1 is 1.50 bits per heavy atom. The van der Waals surface area contributed by atoms with E-state index in [0.29, 0.717) is 18.5 Å². The second kappa shape index (κ2) is 2.83. The van der Waals surface area contributed by atoms with Crippen molar-refractivity contribution in [3.63, 3.8) is 0 Å². The minimum absolute atomic E-state index is 0.284. The third-order valence-corrected chi connectivity index (χ3v) is 2.24. The number of amides is 2. The predicted octanol–water partition coefficient (Wildman–Crippen LogP) is -1.27. The lowest BCUT2D eigenvalue weighted by Gasteiger charge is -2.06. The summed E-state index contributed by atoms with van der Waals surface area (Å²) in [7, 11) is 1.26. The fourth-order valence-corrected chi connectivity index (χ4v) is 1.57. The van der Waals surface area contributed by atoms with Crippen molar-refractivity contribution >= 4 is 17.8 Å². The molecule has 74 valence electrons. The molecule has 0 aliphatic carbocycles. The van der Waals surface area contributed by atoms with E-state index in [9.17, 15) is 14.4 Å². The standard InChI is InChI=1S/C8H8N2O4/c1-14-8(13)4-2-3-10-5(4)9-6(11)7(10)12/h2-3H2,1H3,(H,9,11). The van der Waals surface area contributed by atoms with E-state index < -0.39 is 17.8 Å². The van der Waals surface area contributed by atoms with Gasteiger partial charge < -0.3 is 10.1 Å². The Morgan fingerprint density at radius 2 is 2.21 bits per heavy atom. The van der Waals surface area contributed by atoms with Crippen LogP contribution in [-0.4, -0.2) is 36.3 Å². The van der Waals surface area contributed by atoms with Crippen molar-refractivity contribution in [2.75, 3.05) is 13.7 Å². The summed E-state index contributed by atoms with van der Waals surface area (Å²) in [5.74, 6) is -1.52. The van der Waals surface area contributed by atoms with E-state index in [1.165, 1.54) is 12.0 Å². The molecule has 0 saturated carbocycles. The van der Waals surface area contributed by atoms with Crippen molar-refractivity contribution in [2.24, 2.45) is 0 Å². The maximum atomic E-state index is 11.2. The Balaban J connectivity index is 2.37. The smallest absolute Gasteiger partial charge is 0.337 e. The highest BCUT2D eigenvalue weighted by atomic mass is 16.5. The van der Waals surface area contributed by atoms with Crippen LogP contribution in [0.15, 0.2) is 11.4 Å². The Hall–Kier alpha value is -1.85. The van der Waals surface area contributed by atoms with Crippen molar-refractivity contribution in [3.8, 4) is 0 Å². The largest absolute Gasteiger partial charge is 0.466 e. The second-order valence-corrected chi connectivity index (χ2v) is 2.98. The summed E-state index contributed by atoms with van der Waals surface area (Å²) in [5.41, 5.74) is 0.353. The van der Waals surface area contributed by atoms with Crippen LogP contribution in [0.5, 0.6) is 0 Å². The number of carbonyl (C=O) groups excluding carboxylic acids is 3. The van der Waals surface area contributed by atoms with Crippen LogP contribution >= 0.6 is 0 Å². The lowest BCUT2D eigenvalue weighted by atomic mass is 10.2. The summed E-state index contributed by atoms with van der Waals surface area (Å²) in [6.45, 7) is 0.358. The summed E-state index contributed by atoms with van der Waals surface area (Å²) < 4.78 is 4.53. The highest BCUT2D eigenvalue weighted by Crippen LogP contribution is 2.25. The van der Waals surface area contributed by atoms with Gasteiger partial charge in [-0.3, -0.25) is 14.5 Å². The average Bonchev–Trinajstić information content (AvgIpc) is 2.69. The molecular formula is C8H8N2O4. The van der Waals surface area contributed by atoms with E-state index >= 15 is 0 Å². The number of hydrogen-bond acceptors (Lipinski definition) is 4. The molecule has 2 amide bonds. The second-order valence-electron chi connectivity index (χ2n) is 2.98. The first-order chi connectivity index (χ1) is 6.65. The molecule has 0 bridgehead atoms. The van der Waals surface area contributed by atoms with E-state index in [4.69, 9.17) is 0 Å². The van der Waals surface area contributed by atoms with Gasteiger partial charge in [0, 0.05) is 13.0 Å². The molecule has 0 aromatic heterocycles. The van der Waals surface area contributed by atoms with Crippen molar-refractivity contribution < 1.29 is 19.1 Å². The Bertz CT molecular complexity index is 372. The van der Waals surface area contributed by atoms with Gasteiger partial charge in [0.05, 0.1) is 12.7 Å². The van der Waals surface area contributed by atoms with E-state index in [-0.39, 0.29) is 5.82 Å². The molecular weight excluding hydrogens is 188 g/mol. The van der Waals surface area contributed by atoms with E-state index in [2.05, 4.69) is 10.1 Å². The molecule has 2 aliphatic heterocycles. The highest BCUT2D eigenvalue weighted by molar-refractivity contribution is 6.38. The van der Waals surface area contributed by atoms with Crippen LogP contribution in [0.25, 0.3) is 0 Å². The van der Waals surface area contributed by atoms with Crippen LogP contribution < -0.4 is 5.32 Å². The first-order valence-corrected chi connectivity index (χ1v) is 4.09. The maximum Gasteiger partial charge on any atom is 0.337 e. The molecule has 0 radical (unpaired) electrons. The summed E-state index contributed by atoms with van der Waals surface area (Å²) in [5, 5.41) is 2.35. The molecule has 6 heteroatoms. The molecule has 0 atom stereocenters. The number of methoxy groups -OCH3 is 1. The molecule has 0 spiro atoms. The fourth-order valence-electron chi connectivity index (χ4n) is 1.57. The van der Waals surface area contributed by atoms with Gasteiger partial charge >= 0.3 is 17.8 Å². The fraction of sp³-hybridized carbons (Fsp3) is 0.375. The predicted molar refractivity (Wildman–Crippen MR) is 43.5 cm³/mol. The molecule has 2 rings (SSSR count). The van der Waals surface area contributed by atoms with Gasteiger partial charge in [0.15, 0.2) is 0 Å². The summed E-state index contributed by atoms with van der Waals surface area (Å²) >= 11 is 0. The summed E-state index contributed by atoms with van der Waals surface area (Å²) in [4.78, 5) is 34.6. The van der Waals surface area contributed by atoms with Crippen LogP contribution in [0, 0.1) is 0 Å². The van der Waals surface area contributed by atoms with Crippen LogP contribution in [-0.2, 0) is 19.1 Å². The van der Waals surface area contributed by atoms with Gasteiger partial charge in [-0.1, -0.05) is 0 Å². The van der Waals surface area contributed by atoms with E-state index in [1.807, 2.05) is 0 Å². The van der Waals surface area contributed by atoms with Gasteiger partial charge in [0.2, 0.25) is 0 Å². The SMILES string of the molecule is COC(=O)C1=C2NC(=O)C(=O)N2CC1. The maximum absolute atomic E-state index is 11.2. The third-order valence-electron chi connectivity index (χ3n) is 2.24. The Labute approximate surface area is 79.5 Å². The molecule has 2 aliphatic rings. The minimum atomic E-state index is -0.693. The van der Waals surface area contributed by atoms with Crippen LogP contribution in [0.4, 0.5) is 0 Å². The molecule has 0 unspecified atom stereocenters. The van der Waals surface area contributed by atoms with E-state index in [0.717, 1.165) is 0 Å². The van der Waals surface area contributed by atoms with Crippen molar-refractivity contribution in [1.29, 1.82) is 0 Å². The minimum Gasteiger partial charge on any atom is -0.466 e.